The first-order valence-corrected chi connectivity index (χ1v) is 7.96. The molecule has 0 saturated heterocycles. The first-order chi connectivity index (χ1) is 11.2. The van der Waals surface area contributed by atoms with Gasteiger partial charge in [-0.3, -0.25) is 4.79 Å². The molecule has 0 spiro atoms. The van der Waals surface area contributed by atoms with E-state index in [-0.39, 0.29) is 31.5 Å². The fraction of sp³-hybridized carbons (Fsp3) is 0.176. The molecular weight excluding hydrogens is 315 g/mol. The van der Waals surface area contributed by atoms with Crippen molar-refractivity contribution < 1.29 is 13.9 Å². The molecule has 118 valence electrons. The number of thiazole rings is 1. The second-order valence-corrected chi connectivity index (χ2v) is 6.05. The normalized spacial score (nSPS) is 10.8. The molecule has 1 aromatic heterocycles. The zero-order chi connectivity index (χ0) is 16.1. The molecule has 0 aliphatic rings. The van der Waals surface area contributed by atoms with E-state index in [2.05, 4.69) is 10.3 Å². The van der Waals surface area contributed by atoms with E-state index in [0.29, 0.717) is 5.56 Å². The number of rotatable bonds is 6. The molecule has 23 heavy (non-hydrogen) atoms. The highest BCUT2D eigenvalue weighted by atomic mass is 32.1. The average Bonchev–Trinajstić information content (AvgIpc) is 2.97. The summed E-state index contributed by atoms with van der Waals surface area (Å²) in [7, 11) is 0. The topological polar surface area (TPSA) is 51.2 Å². The predicted octanol–water partition coefficient (Wildman–Crippen LogP) is 3.27. The summed E-state index contributed by atoms with van der Waals surface area (Å²) in [6.45, 7) is 0.354. The Hall–Kier alpha value is -2.31. The van der Waals surface area contributed by atoms with E-state index in [4.69, 9.17) is 4.74 Å². The number of nitrogens with one attached hydrogen (secondary N) is 1. The number of ether oxygens (including phenoxy) is 1. The molecule has 0 bridgehead atoms. The molecule has 0 aliphatic carbocycles. The van der Waals surface area contributed by atoms with Crippen LogP contribution in [0.15, 0.2) is 48.5 Å². The Kier molecular flexibility index (Phi) is 4.95. The molecule has 0 fully saturated rings. The number of benzene rings is 2. The quantitative estimate of drug-likeness (QED) is 0.755. The summed E-state index contributed by atoms with van der Waals surface area (Å²) in [5, 5.41) is 3.46. The van der Waals surface area contributed by atoms with Gasteiger partial charge in [0.1, 0.15) is 17.4 Å². The predicted molar refractivity (Wildman–Crippen MR) is 87.5 cm³/mol. The van der Waals surface area contributed by atoms with Crippen molar-refractivity contribution in [3.8, 4) is 0 Å². The Morgan fingerprint density at radius 1 is 1.17 bits per heavy atom. The lowest BCUT2D eigenvalue weighted by Crippen LogP contribution is -2.27. The smallest absolute Gasteiger partial charge is 0.246 e. The summed E-state index contributed by atoms with van der Waals surface area (Å²) in [5.74, 6) is -0.613. The van der Waals surface area contributed by atoms with Gasteiger partial charge in [0.15, 0.2) is 0 Å². The minimum absolute atomic E-state index is 0.0790. The van der Waals surface area contributed by atoms with Crippen molar-refractivity contribution in [3.63, 3.8) is 0 Å². The van der Waals surface area contributed by atoms with Crippen LogP contribution >= 0.6 is 11.3 Å². The maximum Gasteiger partial charge on any atom is 0.246 e. The van der Waals surface area contributed by atoms with Gasteiger partial charge in [0.25, 0.3) is 0 Å². The Labute approximate surface area is 136 Å². The lowest BCUT2D eigenvalue weighted by atomic mass is 10.2. The van der Waals surface area contributed by atoms with E-state index >= 15 is 0 Å². The van der Waals surface area contributed by atoms with E-state index < -0.39 is 0 Å². The summed E-state index contributed by atoms with van der Waals surface area (Å²) >= 11 is 1.54. The number of para-hydroxylation sites is 1. The third kappa shape index (κ3) is 4.12. The van der Waals surface area contributed by atoms with Crippen molar-refractivity contribution in [2.45, 2.75) is 13.2 Å². The van der Waals surface area contributed by atoms with Crippen LogP contribution in [-0.2, 0) is 22.7 Å². The molecule has 0 aliphatic heterocycles. The number of halogens is 1. The van der Waals surface area contributed by atoms with E-state index in [1.54, 1.807) is 29.5 Å². The van der Waals surface area contributed by atoms with Gasteiger partial charge in [-0.25, -0.2) is 9.37 Å². The number of carbonyl (C=O) groups is 1. The molecule has 0 atom stereocenters. The van der Waals surface area contributed by atoms with E-state index in [9.17, 15) is 9.18 Å². The van der Waals surface area contributed by atoms with Gasteiger partial charge >= 0.3 is 0 Å². The summed E-state index contributed by atoms with van der Waals surface area (Å²) < 4.78 is 19.9. The first-order valence-electron chi connectivity index (χ1n) is 7.14. The van der Waals surface area contributed by atoms with Crippen LogP contribution in [0.25, 0.3) is 10.2 Å². The number of hydrogen-bond donors (Lipinski definition) is 1. The Balaban J connectivity index is 1.45. The SMILES string of the molecule is O=C(COCc1nc2ccccc2s1)NCc1ccccc1F. The first kappa shape index (κ1) is 15.6. The third-order valence-electron chi connectivity index (χ3n) is 3.23. The maximum absolute atomic E-state index is 13.4. The van der Waals surface area contributed by atoms with Crippen LogP contribution in [0, 0.1) is 5.82 Å². The van der Waals surface area contributed by atoms with Crippen molar-refractivity contribution >= 4 is 27.5 Å². The zero-order valence-corrected chi connectivity index (χ0v) is 13.1. The van der Waals surface area contributed by atoms with Crippen LogP contribution in [0.2, 0.25) is 0 Å². The number of amides is 1. The number of nitrogens with zero attached hydrogens (tertiary/aromatic N) is 1. The molecule has 2 aromatic carbocycles. The Bertz CT molecular complexity index is 786. The lowest BCUT2D eigenvalue weighted by Gasteiger charge is -2.06. The van der Waals surface area contributed by atoms with Gasteiger partial charge < -0.3 is 10.1 Å². The van der Waals surface area contributed by atoms with E-state index in [1.165, 1.54) is 6.07 Å². The Morgan fingerprint density at radius 2 is 1.96 bits per heavy atom. The second kappa shape index (κ2) is 7.30. The lowest BCUT2D eigenvalue weighted by molar-refractivity contribution is -0.126. The molecule has 0 saturated carbocycles. The van der Waals surface area contributed by atoms with Gasteiger partial charge in [-0.2, -0.15) is 0 Å². The van der Waals surface area contributed by atoms with Crippen LogP contribution in [0.4, 0.5) is 4.39 Å². The minimum Gasteiger partial charge on any atom is -0.364 e. The van der Waals surface area contributed by atoms with Crippen LogP contribution in [0.5, 0.6) is 0 Å². The number of aromatic nitrogens is 1. The summed E-state index contributed by atoms with van der Waals surface area (Å²) in [6.07, 6.45) is 0. The van der Waals surface area contributed by atoms with E-state index in [0.717, 1.165) is 15.2 Å². The molecule has 1 heterocycles. The highest BCUT2D eigenvalue weighted by molar-refractivity contribution is 7.18. The van der Waals surface area contributed by atoms with Crippen molar-refractivity contribution in [3.05, 3.63) is 64.9 Å². The second-order valence-electron chi connectivity index (χ2n) is 4.94. The van der Waals surface area contributed by atoms with Crippen molar-refractivity contribution in [2.75, 3.05) is 6.61 Å². The van der Waals surface area contributed by atoms with Crippen molar-refractivity contribution in [2.24, 2.45) is 0 Å². The largest absolute Gasteiger partial charge is 0.364 e. The summed E-state index contributed by atoms with van der Waals surface area (Å²) in [6, 6.07) is 14.2. The molecule has 0 radical (unpaired) electrons. The molecule has 1 amide bonds. The van der Waals surface area contributed by atoms with Crippen molar-refractivity contribution in [1.29, 1.82) is 0 Å². The summed E-state index contributed by atoms with van der Waals surface area (Å²) in [5.41, 5.74) is 1.38. The molecule has 6 heteroatoms. The van der Waals surface area contributed by atoms with Gasteiger partial charge in [-0.15, -0.1) is 11.3 Å². The average molecular weight is 330 g/mol. The van der Waals surface area contributed by atoms with Crippen LogP contribution in [0.1, 0.15) is 10.6 Å². The minimum atomic E-state index is -0.330. The third-order valence-corrected chi connectivity index (χ3v) is 4.24. The van der Waals surface area contributed by atoms with E-state index in [1.807, 2.05) is 24.3 Å². The fourth-order valence-electron chi connectivity index (χ4n) is 2.10. The monoisotopic (exact) mass is 330 g/mol. The van der Waals surface area contributed by atoms with Gasteiger partial charge in [0, 0.05) is 12.1 Å². The molecule has 1 N–H and O–H groups in total. The number of carbonyl (C=O) groups excluding carboxylic acids is 1. The molecule has 3 aromatic rings. The number of fused-ring (bicyclic) bond motifs is 1. The highest BCUT2D eigenvalue weighted by Gasteiger charge is 2.07. The van der Waals surface area contributed by atoms with Crippen LogP contribution in [0.3, 0.4) is 0 Å². The molecular formula is C17H15FN2O2S. The molecule has 3 rings (SSSR count). The van der Waals surface area contributed by atoms with Gasteiger partial charge in [0.05, 0.1) is 16.8 Å². The molecule has 0 unspecified atom stereocenters. The van der Waals surface area contributed by atoms with Gasteiger partial charge in [-0.05, 0) is 18.2 Å². The fourth-order valence-corrected chi connectivity index (χ4v) is 3.00. The van der Waals surface area contributed by atoms with Crippen LogP contribution < -0.4 is 5.32 Å². The molecule has 4 nitrogen and oxygen atoms in total. The maximum atomic E-state index is 13.4. The van der Waals surface area contributed by atoms with Gasteiger partial charge in [-0.1, -0.05) is 30.3 Å². The van der Waals surface area contributed by atoms with Crippen LogP contribution in [-0.4, -0.2) is 17.5 Å². The highest BCUT2D eigenvalue weighted by Crippen LogP contribution is 2.21. The summed E-state index contributed by atoms with van der Waals surface area (Å²) in [4.78, 5) is 16.1. The zero-order valence-electron chi connectivity index (χ0n) is 12.3. The Morgan fingerprint density at radius 3 is 2.78 bits per heavy atom. The number of hydrogen-bond acceptors (Lipinski definition) is 4. The van der Waals surface area contributed by atoms with Crippen molar-refractivity contribution in [1.82, 2.24) is 10.3 Å². The standard InChI is InChI=1S/C17H15FN2O2S/c18-13-6-2-1-5-12(13)9-19-16(21)10-22-11-17-20-14-7-3-4-8-15(14)23-17/h1-8H,9-11H2,(H,19,21). The van der Waals surface area contributed by atoms with Gasteiger partial charge in [0.2, 0.25) is 5.91 Å².